The van der Waals surface area contributed by atoms with Crippen LogP contribution in [0.3, 0.4) is 0 Å². The third kappa shape index (κ3) is 4.42. The lowest BCUT2D eigenvalue weighted by Crippen LogP contribution is -2.41. The van der Waals surface area contributed by atoms with Gasteiger partial charge in [0.1, 0.15) is 11.7 Å². The zero-order chi connectivity index (χ0) is 18.4. The molecule has 2 aromatic rings. The molecule has 1 atom stereocenters. The van der Waals surface area contributed by atoms with Gasteiger partial charge in [-0.25, -0.2) is 9.48 Å². The normalized spacial score (nSPS) is 11.7. The molecule has 1 heterocycles. The molecule has 0 bridgehead atoms. The highest BCUT2D eigenvalue weighted by molar-refractivity contribution is 5.98. The fraction of sp³-hybridized carbons (Fsp3) is 0.250. The van der Waals surface area contributed by atoms with Gasteiger partial charge < -0.3 is 20.9 Å². The molecule has 0 radical (unpaired) electrons. The van der Waals surface area contributed by atoms with Crippen LogP contribution in [0.1, 0.15) is 27.4 Å². The quantitative estimate of drug-likeness (QED) is 0.624. The van der Waals surface area contributed by atoms with Crippen LogP contribution in [0.15, 0.2) is 36.4 Å². The standard InChI is InChI=1S/C16H18N4O5/c1-25-8-7-11(16(23)24)18-15(22)12-9-13(14(17)21)20(19-12)10-5-3-2-4-6-10/h2-6,9,11H,7-8H2,1H3,(H2,17,21)(H,18,22)(H,23,24). The van der Waals surface area contributed by atoms with E-state index in [4.69, 9.17) is 15.6 Å². The number of benzene rings is 1. The Morgan fingerprint density at radius 3 is 2.56 bits per heavy atom. The molecule has 1 unspecified atom stereocenters. The monoisotopic (exact) mass is 346 g/mol. The second-order valence-electron chi connectivity index (χ2n) is 5.17. The Bertz CT molecular complexity index is 772. The van der Waals surface area contributed by atoms with Gasteiger partial charge in [0.25, 0.3) is 11.8 Å². The maximum Gasteiger partial charge on any atom is 0.326 e. The molecule has 132 valence electrons. The van der Waals surface area contributed by atoms with E-state index in [0.29, 0.717) is 5.69 Å². The SMILES string of the molecule is COCCC(NC(=O)c1cc(C(N)=O)n(-c2ccccc2)n1)C(=O)O. The number of para-hydroxylation sites is 1. The number of aromatic nitrogens is 2. The number of methoxy groups -OCH3 is 1. The molecule has 0 saturated heterocycles. The van der Waals surface area contributed by atoms with E-state index in [9.17, 15) is 14.4 Å². The number of amides is 2. The molecule has 2 amide bonds. The number of primary amides is 1. The number of nitrogens with zero attached hydrogens (tertiary/aromatic N) is 2. The van der Waals surface area contributed by atoms with Crippen molar-refractivity contribution >= 4 is 17.8 Å². The van der Waals surface area contributed by atoms with Gasteiger partial charge in [-0.3, -0.25) is 9.59 Å². The lowest BCUT2D eigenvalue weighted by Gasteiger charge is -2.12. The topological polar surface area (TPSA) is 137 Å². The molecule has 0 aliphatic rings. The van der Waals surface area contributed by atoms with E-state index in [-0.39, 0.29) is 24.4 Å². The first-order chi connectivity index (χ1) is 11.9. The van der Waals surface area contributed by atoms with E-state index in [1.165, 1.54) is 17.9 Å². The molecule has 9 nitrogen and oxygen atoms in total. The van der Waals surface area contributed by atoms with Crippen molar-refractivity contribution in [3.05, 3.63) is 47.8 Å². The number of carboxylic acid groups (broad SMARTS) is 1. The molecular formula is C16H18N4O5. The van der Waals surface area contributed by atoms with Crippen LogP contribution in [0.25, 0.3) is 5.69 Å². The summed E-state index contributed by atoms with van der Waals surface area (Å²) in [6.07, 6.45) is 0.0969. The van der Waals surface area contributed by atoms with Crippen LogP contribution in [-0.2, 0) is 9.53 Å². The Balaban J connectivity index is 2.28. The first-order valence-corrected chi connectivity index (χ1v) is 7.42. The number of nitrogens with one attached hydrogen (secondary N) is 1. The third-order valence-electron chi connectivity index (χ3n) is 3.41. The number of ether oxygens (including phenoxy) is 1. The van der Waals surface area contributed by atoms with Crippen LogP contribution in [0, 0.1) is 0 Å². The van der Waals surface area contributed by atoms with E-state index in [2.05, 4.69) is 10.4 Å². The average molecular weight is 346 g/mol. The number of carbonyl (C=O) groups is 3. The van der Waals surface area contributed by atoms with Gasteiger partial charge >= 0.3 is 5.97 Å². The van der Waals surface area contributed by atoms with Gasteiger partial charge in [0.2, 0.25) is 0 Å². The Morgan fingerprint density at radius 1 is 1.32 bits per heavy atom. The average Bonchev–Trinajstić information content (AvgIpc) is 3.04. The second-order valence-corrected chi connectivity index (χ2v) is 5.17. The zero-order valence-corrected chi connectivity index (χ0v) is 13.5. The molecule has 0 saturated carbocycles. The van der Waals surface area contributed by atoms with Gasteiger partial charge in [0.05, 0.1) is 5.69 Å². The molecule has 0 aliphatic carbocycles. The van der Waals surface area contributed by atoms with Crippen molar-refractivity contribution in [3.8, 4) is 5.69 Å². The summed E-state index contributed by atoms with van der Waals surface area (Å²) in [6, 6.07) is 8.75. The Kier molecular flexibility index (Phi) is 5.85. The maximum atomic E-state index is 12.3. The minimum absolute atomic E-state index is 0.0140. The minimum Gasteiger partial charge on any atom is -0.480 e. The first-order valence-electron chi connectivity index (χ1n) is 7.42. The second kappa shape index (κ2) is 8.06. The summed E-state index contributed by atoms with van der Waals surface area (Å²) in [7, 11) is 1.43. The number of nitrogens with two attached hydrogens (primary N) is 1. The van der Waals surface area contributed by atoms with Crippen LogP contribution in [0.5, 0.6) is 0 Å². The number of aliphatic carboxylic acids is 1. The summed E-state index contributed by atoms with van der Waals surface area (Å²) in [5.41, 5.74) is 5.79. The number of carboxylic acids is 1. The van der Waals surface area contributed by atoms with Crippen LogP contribution >= 0.6 is 0 Å². The summed E-state index contributed by atoms with van der Waals surface area (Å²) in [6.45, 7) is 0.169. The first kappa shape index (κ1) is 18.1. The van der Waals surface area contributed by atoms with E-state index in [1.54, 1.807) is 30.3 Å². The molecule has 1 aromatic carbocycles. The highest BCUT2D eigenvalue weighted by Gasteiger charge is 2.24. The molecule has 1 aromatic heterocycles. The third-order valence-corrected chi connectivity index (χ3v) is 3.41. The van der Waals surface area contributed by atoms with E-state index in [0.717, 1.165) is 0 Å². The van der Waals surface area contributed by atoms with Gasteiger partial charge in [-0.2, -0.15) is 5.10 Å². The maximum absolute atomic E-state index is 12.3. The molecule has 9 heteroatoms. The number of hydrogen-bond acceptors (Lipinski definition) is 5. The molecular weight excluding hydrogens is 328 g/mol. The van der Waals surface area contributed by atoms with Gasteiger partial charge in [-0.05, 0) is 12.1 Å². The van der Waals surface area contributed by atoms with Gasteiger partial charge in [0.15, 0.2) is 5.69 Å². The van der Waals surface area contributed by atoms with Gasteiger partial charge in [-0.15, -0.1) is 0 Å². The van der Waals surface area contributed by atoms with E-state index >= 15 is 0 Å². The molecule has 0 spiro atoms. The summed E-state index contributed by atoms with van der Waals surface area (Å²) >= 11 is 0. The van der Waals surface area contributed by atoms with Gasteiger partial charge in [0, 0.05) is 26.2 Å². The number of carbonyl (C=O) groups excluding carboxylic acids is 2. The van der Waals surface area contributed by atoms with Crippen molar-refractivity contribution in [2.45, 2.75) is 12.5 Å². The predicted molar refractivity (Wildman–Crippen MR) is 87.5 cm³/mol. The molecule has 2 rings (SSSR count). The number of hydrogen-bond donors (Lipinski definition) is 3. The Morgan fingerprint density at radius 2 is 2.00 bits per heavy atom. The van der Waals surface area contributed by atoms with E-state index < -0.39 is 23.8 Å². The van der Waals surface area contributed by atoms with Crippen LogP contribution in [0.4, 0.5) is 0 Å². The molecule has 4 N–H and O–H groups in total. The minimum atomic E-state index is -1.19. The summed E-state index contributed by atoms with van der Waals surface area (Å²) in [5.74, 6) is -2.67. The summed E-state index contributed by atoms with van der Waals surface area (Å²) in [4.78, 5) is 35.1. The Labute approximate surface area is 143 Å². The zero-order valence-electron chi connectivity index (χ0n) is 13.5. The Hall–Kier alpha value is -3.20. The summed E-state index contributed by atoms with van der Waals surface area (Å²) < 4.78 is 6.06. The predicted octanol–water partition coefficient (Wildman–Crippen LogP) is 0.191. The largest absolute Gasteiger partial charge is 0.480 e. The fourth-order valence-electron chi connectivity index (χ4n) is 2.16. The molecule has 0 aliphatic heterocycles. The molecule has 25 heavy (non-hydrogen) atoms. The van der Waals surface area contributed by atoms with E-state index in [1.807, 2.05) is 0 Å². The lowest BCUT2D eigenvalue weighted by atomic mass is 10.2. The lowest BCUT2D eigenvalue weighted by molar-refractivity contribution is -0.139. The van der Waals surface area contributed by atoms with Crippen molar-refractivity contribution in [1.29, 1.82) is 0 Å². The highest BCUT2D eigenvalue weighted by atomic mass is 16.5. The van der Waals surface area contributed by atoms with Crippen molar-refractivity contribution in [2.75, 3.05) is 13.7 Å². The van der Waals surface area contributed by atoms with Crippen LogP contribution < -0.4 is 11.1 Å². The van der Waals surface area contributed by atoms with Crippen molar-refractivity contribution in [3.63, 3.8) is 0 Å². The van der Waals surface area contributed by atoms with Crippen molar-refractivity contribution in [1.82, 2.24) is 15.1 Å². The van der Waals surface area contributed by atoms with Crippen LogP contribution in [-0.4, -0.2) is 52.4 Å². The van der Waals surface area contributed by atoms with Crippen molar-refractivity contribution in [2.24, 2.45) is 5.73 Å². The van der Waals surface area contributed by atoms with Crippen LogP contribution in [0.2, 0.25) is 0 Å². The molecule has 0 fully saturated rings. The fourth-order valence-corrected chi connectivity index (χ4v) is 2.16. The number of rotatable bonds is 8. The van der Waals surface area contributed by atoms with Crippen molar-refractivity contribution < 1.29 is 24.2 Å². The smallest absolute Gasteiger partial charge is 0.326 e. The highest BCUT2D eigenvalue weighted by Crippen LogP contribution is 2.12. The summed E-state index contributed by atoms with van der Waals surface area (Å²) in [5, 5.41) is 15.6. The van der Waals surface area contributed by atoms with Gasteiger partial charge in [-0.1, -0.05) is 18.2 Å².